The van der Waals surface area contributed by atoms with Gasteiger partial charge in [-0.3, -0.25) is 0 Å². The number of carbonyl (C=O) groups is 1. The molecule has 2 N–H and O–H groups in total. The molecule has 2 amide bonds. The van der Waals surface area contributed by atoms with Crippen molar-refractivity contribution in [3.05, 3.63) is 47.8 Å². The van der Waals surface area contributed by atoms with Crippen LogP contribution in [-0.4, -0.2) is 15.6 Å². The molecular formula is C16H18F4N4O. The zero-order chi connectivity index (χ0) is 18.8. The molecule has 0 radical (unpaired) electrons. The normalized spacial score (nSPS) is 13.0. The van der Waals surface area contributed by atoms with Gasteiger partial charge < -0.3 is 15.2 Å². The highest BCUT2D eigenvalue weighted by molar-refractivity contribution is 5.90. The highest BCUT2D eigenvalue weighted by Crippen LogP contribution is 2.36. The average molecular weight is 358 g/mol. The molecule has 1 heterocycles. The quantitative estimate of drug-likeness (QED) is 0.809. The number of para-hydroxylation sites is 1. The Kier molecular flexibility index (Phi) is 5.34. The molecular weight excluding hydrogens is 340 g/mol. The van der Waals surface area contributed by atoms with Gasteiger partial charge in [-0.2, -0.15) is 13.2 Å². The molecule has 0 saturated carbocycles. The Hall–Kier alpha value is -2.58. The van der Waals surface area contributed by atoms with E-state index in [9.17, 15) is 22.4 Å². The second-order valence-corrected chi connectivity index (χ2v) is 5.88. The summed E-state index contributed by atoms with van der Waals surface area (Å²) in [5, 5.41) is 4.52. The molecule has 0 aliphatic carbocycles. The Labute approximate surface area is 142 Å². The predicted molar refractivity (Wildman–Crippen MR) is 84.3 cm³/mol. The number of anilines is 1. The number of aryl methyl sites for hydroxylation is 1. The monoisotopic (exact) mass is 358 g/mol. The van der Waals surface area contributed by atoms with Gasteiger partial charge in [0.05, 0.1) is 17.3 Å². The summed E-state index contributed by atoms with van der Waals surface area (Å²) in [6.07, 6.45) is -1.56. The molecule has 2 rings (SSSR count). The van der Waals surface area contributed by atoms with E-state index in [0.717, 1.165) is 12.1 Å². The smallest absolute Gasteiger partial charge is 0.336 e. The van der Waals surface area contributed by atoms with Crippen molar-refractivity contribution in [2.75, 3.05) is 5.32 Å². The molecule has 2 aromatic rings. The highest BCUT2D eigenvalue weighted by Gasteiger charge is 2.35. The van der Waals surface area contributed by atoms with Gasteiger partial charge in [-0.25, -0.2) is 14.2 Å². The molecule has 1 atom stereocenters. The fraction of sp³-hybridized carbons (Fsp3) is 0.375. The molecule has 0 bridgehead atoms. The number of urea groups is 1. The third-order valence-electron chi connectivity index (χ3n) is 3.65. The summed E-state index contributed by atoms with van der Waals surface area (Å²) >= 11 is 0. The molecule has 5 nitrogen and oxygen atoms in total. The van der Waals surface area contributed by atoms with E-state index >= 15 is 0 Å². The lowest BCUT2D eigenvalue weighted by Gasteiger charge is -2.23. The van der Waals surface area contributed by atoms with Gasteiger partial charge in [-0.15, -0.1) is 0 Å². The van der Waals surface area contributed by atoms with Crippen molar-refractivity contribution in [2.45, 2.75) is 26.1 Å². The second-order valence-electron chi connectivity index (χ2n) is 5.88. The van der Waals surface area contributed by atoms with E-state index in [4.69, 9.17) is 0 Å². The van der Waals surface area contributed by atoms with Crippen LogP contribution in [0.2, 0.25) is 0 Å². The third-order valence-corrected chi connectivity index (χ3v) is 3.65. The number of aromatic nitrogens is 2. The van der Waals surface area contributed by atoms with Gasteiger partial charge in [-0.05, 0) is 18.1 Å². The maximum Gasteiger partial charge on any atom is 0.418 e. The topological polar surface area (TPSA) is 59.0 Å². The summed E-state index contributed by atoms with van der Waals surface area (Å²) in [5.74, 6) is -0.715. The Morgan fingerprint density at radius 1 is 1.28 bits per heavy atom. The molecule has 1 aromatic heterocycles. The number of alkyl halides is 3. The van der Waals surface area contributed by atoms with Crippen molar-refractivity contribution < 1.29 is 22.4 Å². The van der Waals surface area contributed by atoms with Crippen LogP contribution in [0.3, 0.4) is 0 Å². The molecule has 25 heavy (non-hydrogen) atoms. The van der Waals surface area contributed by atoms with Crippen LogP contribution in [0.25, 0.3) is 0 Å². The number of hydrogen-bond acceptors (Lipinski definition) is 2. The van der Waals surface area contributed by atoms with Crippen LogP contribution in [0.1, 0.15) is 31.3 Å². The maximum atomic E-state index is 13.8. The van der Waals surface area contributed by atoms with E-state index < -0.39 is 35.3 Å². The lowest BCUT2D eigenvalue weighted by atomic mass is 10.0. The largest absolute Gasteiger partial charge is 0.418 e. The van der Waals surface area contributed by atoms with Crippen molar-refractivity contribution >= 4 is 11.7 Å². The number of rotatable bonds is 4. The number of amides is 2. The molecule has 0 saturated heterocycles. The van der Waals surface area contributed by atoms with Crippen LogP contribution >= 0.6 is 0 Å². The third kappa shape index (κ3) is 4.28. The van der Waals surface area contributed by atoms with Gasteiger partial charge in [0.25, 0.3) is 0 Å². The number of nitrogens with one attached hydrogen (secondary N) is 2. The van der Waals surface area contributed by atoms with Crippen LogP contribution in [0.4, 0.5) is 28.0 Å². The van der Waals surface area contributed by atoms with E-state index in [1.807, 2.05) is 19.2 Å². The van der Waals surface area contributed by atoms with E-state index in [0.29, 0.717) is 11.9 Å². The van der Waals surface area contributed by atoms with Crippen molar-refractivity contribution in [3.63, 3.8) is 0 Å². The number of nitrogens with zero attached hydrogens (tertiary/aromatic N) is 2. The van der Waals surface area contributed by atoms with Gasteiger partial charge in [0.15, 0.2) is 0 Å². The number of carbonyl (C=O) groups excluding carboxylic acids is 1. The van der Waals surface area contributed by atoms with Crippen LogP contribution in [-0.2, 0) is 13.2 Å². The number of halogens is 4. The van der Waals surface area contributed by atoms with Crippen LogP contribution in [0.15, 0.2) is 30.6 Å². The van der Waals surface area contributed by atoms with Crippen LogP contribution in [0.5, 0.6) is 0 Å². The first-order chi connectivity index (χ1) is 11.6. The summed E-state index contributed by atoms with van der Waals surface area (Å²) < 4.78 is 54.5. The summed E-state index contributed by atoms with van der Waals surface area (Å²) in [4.78, 5) is 16.3. The SMILES string of the molecule is CC(C)[C@H](NC(=O)Nc1c(F)cccc1C(F)(F)F)c1nccn1C. The Morgan fingerprint density at radius 2 is 1.96 bits per heavy atom. The number of imidazole rings is 1. The Balaban J connectivity index is 2.24. The predicted octanol–water partition coefficient (Wildman–Crippen LogP) is 4.10. The lowest BCUT2D eigenvalue weighted by molar-refractivity contribution is -0.137. The summed E-state index contributed by atoms with van der Waals surface area (Å²) in [6.45, 7) is 3.65. The highest BCUT2D eigenvalue weighted by atomic mass is 19.4. The molecule has 136 valence electrons. The van der Waals surface area contributed by atoms with Gasteiger partial charge in [0.1, 0.15) is 11.6 Å². The minimum Gasteiger partial charge on any atom is -0.336 e. The summed E-state index contributed by atoms with van der Waals surface area (Å²) in [7, 11) is 1.73. The zero-order valence-electron chi connectivity index (χ0n) is 13.9. The summed E-state index contributed by atoms with van der Waals surface area (Å²) in [6, 6.07) is 0.992. The van der Waals surface area contributed by atoms with Crippen molar-refractivity contribution in [1.82, 2.24) is 14.9 Å². The van der Waals surface area contributed by atoms with Crippen molar-refractivity contribution in [1.29, 1.82) is 0 Å². The van der Waals surface area contributed by atoms with Gasteiger partial charge in [-0.1, -0.05) is 19.9 Å². The van der Waals surface area contributed by atoms with E-state index in [1.54, 1.807) is 24.0 Å². The minimum atomic E-state index is -4.79. The molecule has 0 aliphatic heterocycles. The summed E-state index contributed by atoms with van der Waals surface area (Å²) in [5.41, 5.74) is -2.16. The fourth-order valence-electron chi connectivity index (χ4n) is 2.38. The Bertz CT molecular complexity index is 755. The average Bonchev–Trinajstić information content (AvgIpc) is 2.91. The van der Waals surface area contributed by atoms with Gasteiger partial charge in [0.2, 0.25) is 0 Å². The van der Waals surface area contributed by atoms with Crippen LogP contribution in [0, 0.1) is 11.7 Å². The first-order valence-electron chi connectivity index (χ1n) is 7.51. The molecule has 0 aliphatic rings. The lowest BCUT2D eigenvalue weighted by Crippen LogP contribution is -2.37. The van der Waals surface area contributed by atoms with E-state index in [1.165, 1.54) is 0 Å². The second kappa shape index (κ2) is 7.12. The van der Waals surface area contributed by atoms with Crippen molar-refractivity contribution in [3.8, 4) is 0 Å². The molecule has 1 aromatic carbocycles. The number of benzene rings is 1. The van der Waals surface area contributed by atoms with E-state index in [-0.39, 0.29) is 5.92 Å². The molecule has 9 heteroatoms. The van der Waals surface area contributed by atoms with E-state index in [2.05, 4.69) is 10.3 Å². The van der Waals surface area contributed by atoms with Crippen molar-refractivity contribution in [2.24, 2.45) is 13.0 Å². The van der Waals surface area contributed by atoms with Crippen LogP contribution < -0.4 is 10.6 Å². The standard InChI is InChI=1S/C16H18F4N4O/c1-9(2)12(14-21-7-8-24(14)3)22-15(25)23-13-10(16(18,19)20)5-4-6-11(13)17/h4-9,12H,1-3H3,(H2,22,23,25)/t12-/m0/s1. The molecule has 0 unspecified atom stereocenters. The first kappa shape index (κ1) is 18.8. The van der Waals surface area contributed by atoms with Gasteiger partial charge in [0, 0.05) is 19.4 Å². The maximum absolute atomic E-state index is 13.8. The first-order valence-corrected chi connectivity index (χ1v) is 7.51. The number of hydrogen-bond donors (Lipinski definition) is 2. The van der Waals surface area contributed by atoms with Gasteiger partial charge >= 0.3 is 12.2 Å². The minimum absolute atomic E-state index is 0.0884. The molecule has 0 fully saturated rings. The Morgan fingerprint density at radius 3 is 2.48 bits per heavy atom. The zero-order valence-corrected chi connectivity index (χ0v) is 13.9. The fourth-order valence-corrected chi connectivity index (χ4v) is 2.38. The molecule has 0 spiro atoms.